The lowest BCUT2D eigenvalue weighted by Gasteiger charge is -2.30. The Bertz CT molecular complexity index is 1410. The molecule has 0 unspecified atom stereocenters. The van der Waals surface area contributed by atoms with Crippen LogP contribution in [0.2, 0.25) is 0 Å². The van der Waals surface area contributed by atoms with Crippen LogP contribution in [0.3, 0.4) is 0 Å². The molecule has 0 bridgehead atoms. The van der Waals surface area contributed by atoms with Crippen molar-refractivity contribution in [1.29, 1.82) is 0 Å². The molecule has 5 heterocycles. The smallest absolute Gasteiger partial charge is 0.321 e. The van der Waals surface area contributed by atoms with E-state index in [1.165, 1.54) is 0 Å². The molecule has 0 aliphatic carbocycles. The predicted octanol–water partition coefficient (Wildman–Crippen LogP) is 5.23. The average Bonchev–Trinajstić information content (AvgIpc) is 3.57. The summed E-state index contributed by atoms with van der Waals surface area (Å²) < 4.78 is 29.5. The van der Waals surface area contributed by atoms with Crippen LogP contribution in [0.1, 0.15) is 24.8 Å². The first-order chi connectivity index (χ1) is 16.6. The third kappa shape index (κ3) is 3.75. The number of fused-ring (bicyclic) bond motifs is 4. The lowest BCUT2D eigenvalue weighted by Crippen LogP contribution is -2.43. The Labute approximate surface area is 213 Å². The van der Waals surface area contributed by atoms with Crippen molar-refractivity contribution in [3.63, 3.8) is 0 Å². The van der Waals surface area contributed by atoms with Crippen LogP contribution >= 0.6 is 33.9 Å². The lowest BCUT2D eigenvalue weighted by atomic mass is 9.94. The van der Waals surface area contributed by atoms with Gasteiger partial charge in [-0.2, -0.15) is 15.1 Å². The second-order valence-corrected chi connectivity index (χ2v) is 11.0. The summed E-state index contributed by atoms with van der Waals surface area (Å²) in [5, 5.41) is 5.40. The molecule has 4 aromatic rings. The van der Waals surface area contributed by atoms with Gasteiger partial charge < -0.3 is 9.47 Å². The fraction of sp³-hybridized carbons (Fsp3) is 0.375. The van der Waals surface area contributed by atoms with E-state index >= 15 is 0 Å². The summed E-state index contributed by atoms with van der Waals surface area (Å²) in [7, 11) is 1.92. The molecule has 2 aliphatic heterocycles. The van der Waals surface area contributed by atoms with Gasteiger partial charge in [-0.15, -0.1) is 11.3 Å². The number of hydrogen-bond acceptors (Lipinski definition) is 7. The first-order valence-corrected chi connectivity index (χ1v) is 13.1. The number of benzene rings is 1. The van der Waals surface area contributed by atoms with Crippen molar-refractivity contribution in [2.75, 3.05) is 19.7 Å². The van der Waals surface area contributed by atoms with E-state index in [4.69, 9.17) is 19.4 Å². The van der Waals surface area contributed by atoms with E-state index in [1.807, 2.05) is 42.1 Å². The van der Waals surface area contributed by atoms with E-state index in [9.17, 15) is 4.39 Å². The maximum atomic E-state index is 13.2. The molecule has 0 spiro atoms. The van der Waals surface area contributed by atoms with E-state index < -0.39 is 0 Å². The molecule has 10 heteroatoms. The highest BCUT2D eigenvalue weighted by molar-refractivity contribution is 14.1. The van der Waals surface area contributed by atoms with Gasteiger partial charge in [0.05, 0.1) is 27.5 Å². The van der Waals surface area contributed by atoms with Gasteiger partial charge in [0, 0.05) is 13.6 Å². The van der Waals surface area contributed by atoms with Gasteiger partial charge in [0.2, 0.25) is 5.88 Å². The quantitative estimate of drug-likeness (QED) is 0.286. The molecule has 0 N–H and O–H groups in total. The minimum atomic E-state index is -0.180. The monoisotopic (exact) mass is 591 g/mol. The number of aryl methyl sites for hydroxylation is 1. The summed E-state index contributed by atoms with van der Waals surface area (Å²) in [4.78, 5) is 12.6. The van der Waals surface area contributed by atoms with Gasteiger partial charge in [0.1, 0.15) is 21.7 Å². The fourth-order valence-corrected chi connectivity index (χ4v) is 7.13. The Balaban J connectivity index is 1.36. The van der Waals surface area contributed by atoms with E-state index in [0.29, 0.717) is 38.1 Å². The molecule has 0 amide bonds. The van der Waals surface area contributed by atoms with E-state index in [2.05, 4.69) is 32.6 Å². The van der Waals surface area contributed by atoms with Crippen molar-refractivity contribution in [2.45, 2.75) is 31.4 Å². The van der Waals surface area contributed by atoms with E-state index in [0.717, 1.165) is 61.0 Å². The Morgan fingerprint density at radius 3 is 2.91 bits per heavy atom. The molecule has 34 heavy (non-hydrogen) atoms. The molecule has 1 atom stereocenters. The Hall–Kier alpha value is -2.31. The van der Waals surface area contributed by atoms with Crippen molar-refractivity contribution in [1.82, 2.24) is 24.6 Å². The van der Waals surface area contributed by atoms with E-state index in [1.54, 1.807) is 11.3 Å². The summed E-state index contributed by atoms with van der Waals surface area (Å²) in [5.74, 6) is 0.492. The van der Waals surface area contributed by atoms with Gasteiger partial charge in [0.25, 0.3) is 0 Å². The molecule has 2 saturated heterocycles. The molecule has 176 valence electrons. The number of halogens is 2. The van der Waals surface area contributed by atoms with Crippen LogP contribution < -0.4 is 9.47 Å². The van der Waals surface area contributed by atoms with Gasteiger partial charge in [-0.3, -0.25) is 9.58 Å². The van der Waals surface area contributed by atoms with Crippen LogP contribution in [0.25, 0.3) is 20.4 Å². The third-order valence-corrected chi connectivity index (χ3v) is 8.96. The summed E-state index contributed by atoms with van der Waals surface area (Å²) >= 11 is 3.81. The molecule has 0 radical (unpaired) electrons. The number of hydrogen-bond donors (Lipinski definition) is 0. The summed E-state index contributed by atoms with van der Waals surface area (Å²) in [6, 6.07) is 10.3. The van der Waals surface area contributed by atoms with Crippen LogP contribution in [0.5, 0.6) is 11.9 Å². The summed E-state index contributed by atoms with van der Waals surface area (Å²) in [5.41, 5.74) is 2.67. The number of aromatic nitrogens is 4. The number of thiophene rings is 1. The Morgan fingerprint density at radius 1 is 1.24 bits per heavy atom. The highest BCUT2D eigenvalue weighted by atomic mass is 127. The molecular formula is C24H23FIN5O2S. The molecule has 7 nitrogen and oxygen atoms in total. The van der Waals surface area contributed by atoms with Crippen LogP contribution in [0, 0.1) is 3.70 Å². The standard InChI is InChI=1S/C24H23FIN5O2S/c1-30-18-17-21(32-13-15-6-3-2-4-7-15)27-23(28-22(17)34-19(18)20(26)29-30)33-14-24-8-5-9-31(24)12-16(10-24)11-25/h2-4,6-7,11H,5,8-10,12-14H2,1H3/b16-11-/t24-/m0/s1. The average molecular weight is 591 g/mol. The van der Waals surface area contributed by atoms with Crippen LogP contribution in [-0.4, -0.2) is 49.9 Å². The highest BCUT2D eigenvalue weighted by Crippen LogP contribution is 2.43. The van der Waals surface area contributed by atoms with Crippen molar-refractivity contribution < 1.29 is 13.9 Å². The molecule has 2 fully saturated rings. The van der Waals surface area contributed by atoms with E-state index in [-0.39, 0.29) is 5.54 Å². The van der Waals surface area contributed by atoms with Gasteiger partial charge in [-0.25, -0.2) is 4.39 Å². The maximum absolute atomic E-state index is 13.2. The molecule has 3 aromatic heterocycles. The molecule has 1 aromatic carbocycles. The van der Waals surface area contributed by atoms with Gasteiger partial charge in [-0.1, -0.05) is 30.3 Å². The van der Waals surface area contributed by atoms with Crippen molar-refractivity contribution >= 4 is 54.4 Å². The maximum Gasteiger partial charge on any atom is 0.321 e. The van der Waals surface area contributed by atoms with Crippen molar-refractivity contribution in [3.05, 3.63) is 51.5 Å². The first kappa shape index (κ1) is 22.2. The minimum Gasteiger partial charge on any atom is -0.472 e. The van der Waals surface area contributed by atoms with Crippen molar-refractivity contribution in [2.24, 2.45) is 7.05 Å². The molecule has 2 aliphatic rings. The minimum absolute atomic E-state index is 0.180. The zero-order valence-electron chi connectivity index (χ0n) is 18.6. The molecule has 0 saturated carbocycles. The largest absolute Gasteiger partial charge is 0.472 e. The zero-order chi connectivity index (χ0) is 23.3. The number of ether oxygens (including phenoxy) is 2. The van der Waals surface area contributed by atoms with Gasteiger partial charge in [0.15, 0.2) is 0 Å². The topological polar surface area (TPSA) is 65.3 Å². The van der Waals surface area contributed by atoms with Crippen molar-refractivity contribution in [3.8, 4) is 11.9 Å². The fourth-order valence-electron chi connectivity index (χ4n) is 5.16. The second-order valence-electron chi connectivity index (χ2n) is 8.94. The predicted molar refractivity (Wildman–Crippen MR) is 138 cm³/mol. The molecule has 6 rings (SSSR count). The number of rotatable bonds is 6. The second kappa shape index (κ2) is 8.72. The lowest BCUT2D eigenvalue weighted by molar-refractivity contribution is 0.107. The molecular weight excluding hydrogens is 568 g/mol. The zero-order valence-corrected chi connectivity index (χ0v) is 21.6. The Kier molecular flexibility index (Phi) is 5.69. The third-order valence-electron chi connectivity index (χ3n) is 6.76. The van der Waals surface area contributed by atoms with Gasteiger partial charge in [-0.05, 0) is 59.5 Å². The first-order valence-electron chi connectivity index (χ1n) is 11.2. The highest BCUT2D eigenvalue weighted by Gasteiger charge is 2.47. The summed E-state index contributed by atoms with van der Waals surface area (Å²) in [6.45, 7) is 2.46. The normalized spacial score (nSPS) is 21.7. The Morgan fingerprint density at radius 2 is 2.09 bits per heavy atom. The van der Waals surface area contributed by atoms with Crippen LogP contribution in [0.15, 0.2) is 42.2 Å². The number of nitrogens with zero attached hydrogens (tertiary/aromatic N) is 5. The van der Waals surface area contributed by atoms with Crippen LogP contribution in [0.4, 0.5) is 4.39 Å². The summed E-state index contributed by atoms with van der Waals surface area (Å²) in [6.07, 6.45) is 3.52. The van der Waals surface area contributed by atoms with Gasteiger partial charge >= 0.3 is 6.01 Å². The van der Waals surface area contributed by atoms with Crippen LogP contribution in [-0.2, 0) is 13.7 Å². The SMILES string of the molecule is Cn1nc(I)c2sc3nc(OC[C@@]45CCCN4C/C(=C\F)C5)nc(OCc4ccccc4)c3c21.